The van der Waals surface area contributed by atoms with Crippen LogP contribution in [0.5, 0.6) is 0 Å². The van der Waals surface area contributed by atoms with Gasteiger partial charge in [0.05, 0.1) is 46.1 Å². The van der Waals surface area contributed by atoms with E-state index < -0.39 is 50.8 Å². The minimum absolute atomic E-state index is 0.0143. The van der Waals surface area contributed by atoms with Gasteiger partial charge in [-0.05, 0) is 75.8 Å². The Bertz CT molecular complexity index is 1500. The second-order valence-corrected chi connectivity index (χ2v) is 19.8. The summed E-state index contributed by atoms with van der Waals surface area (Å²) >= 11 is 0. The third-order valence-corrected chi connectivity index (χ3v) is 12.7. The Morgan fingerprint density at radius 1 is 0.806 bits per heavy atom. The van der Waals surface area contributed by atoms with Crippen LogP contribution in [0.2, 0.25) is 0 Å². The Kier molecular flexibility index (Phi) is 27.6. The van der Waals surface area contributed by atoms with E-state index >= 15 is 0 Å². The number of unbranched alkanes of at least 4 members (excludes halogenated alkanes) is 10. The van der Waals surface area contributed by atoms with Gasteiger partial charge in [0.25, 0.3) is 0 Å². The molecule has 0 aliphatic heterocycles. The van der Waals surface area contributed by atoms with Crippen LogP contribution in [-0.4, -0.2) is 109 Å². The summed E-state index contributed by atoms with van der Waals surface area (Å²) in [5.74, 6) is 0.847. The molecule has 1 heterocycles. The molecule has 4 N–H and O–H groups in total. The van der Waals surface area contributed by atoms with Gasteiger partial charge >= 0.3 is 19.8 Å². The van der Waals surface area contributed by atoms with Crippen molar-refractivity contribution in [3.63, 3.8) is 0 Å². The molecule has 1 aromatic heterocycles. The van der Waals surface area contributed by atoms with Gasteiger partial charge in [-0.25, -0.2) is 4.57 Å². The van der Waals surface area contributed by atoms with Crippen LogP contribution in [0.3, 0.4) is 0 Å². The summed E-state index contributed by atoms with van der Waals surface area (Å²) in [5, 5.41) is 31.4. The van der Waals surface area contributed by atoms with Crippen LogP contribution in [0, 0.1) is 25.7 Å². The zero-order chi connectivity index (χ0) is 46.0. The Labute approximate surface area is 373 Å². The topological polar surface area (TPSA) is 182 Å². The highest BCUT2D eigenvalue weighted by atomic mass is 31.2. The molecule has 1 aliphatic carbocycles. The average molecular weight is 899 g/mol. The lowest BCUT2D eigenvalue weighted by atomic mass is 9.89. The van der Waals surface area contributed by atoms with Crippen LogP contribution in [0.15, 0.2) is 28.7 Å². The number of esters is 2. The lowest BCUT2D eigenvalue weighted by molar-refractivity contribution is -0.870. The van der Waals surface area contributed by atoms with Gasteiger partial charge in [0.1, 0.15) is 31.3 Å². The van der Waals surface area contributed by atoms with Crippen LogP contribution in [0.1, 0.15) is 158 Å². The molecular formula is C48H85NO12P+. The first-order valence-corrected chi connectivity index (χ1v) is 25.2. The smallest absolute Gasteiger partial charge is 0.466 e. The van der Waals surface area contributed by atoms with E-state index in [9.17, 15) is 34.4 Å². The van der Waals surface area contributed by atoms with Gasteiger partial charge in [0.15, 0.2) is 6.10 Å². The quantitative estimate of drug-likeness (QED) is 0.0167. The van der Waals surface area contributed by atoms with E-state index in [1.165, 1.54) is 11.1 Å². The molecule has 0 radical (unpaired) electrons. The second kappa shape index (κ2) is 30.7. The minimum atomic E-state index is -4.45. The predicted molar refractivity (Wildman–Crippen MR) is 243 cm³/mol. The van der Waals surface area contributed by atoms with Crippen LogP contribution in [0.4, 0.5) is 0 Å². The molecule has 0 saturated heterocycles. The molecular weight excluding hydrogens is 813 g/mol. The van der Waals surface area contributed by atoms with E-state index in [1.807, 2.05) is 39.4 Å². The first kappa shape index (κ1) is 55.8. The van der Waals surface area contributed by atoms with Gasteiger partial charge in [0.2, 0.25) is 0 Å². The summed E-state index contributed by atoms with van der Waals surface area (Å²) in [6.45, 7) is 8.25. The largest absolute Gasteiger partial charge is 0.472 e. The van der Waals surface area contributed by atoms with Gasteiger partial charge < -0.3 is 38.6 Å². The standard InChI is InChI=1S/C48H84NO12P/c1-8-10-19-25-39(50)30-31-42-41(43(51)34-44(42)52)26-20-17-18-22-28-47(53)57-35-40(36-59-62(55,56)58-33-32-49(5,6)7)60-48(54)29-23-16-14-12-11-13-15-21-27-46-38(4)37(3)45(61-46)24-9-2/h17,20,30-31,39-44,50-52H,8-16,18-19,21-29,32-36H2,1-7H3/p+1/b20-17+,31-30+/t39-,40+,41+,42+,43-,44+/m0/s1. The highest BCUT2D eigenvalue weighted by Crippen LogP contribution is 2.43. The van der Waals surface area contributed by atoms with Gasteiger partial charge in [-0.2, -0.15) is 0 Å². The summed E-state index contributed by atoms with van der Waals surface area (Å²) in [7, 11) is 1.32. The number of quaternary nitrogens is 1. The highest BCUT2D eigenvalue weighted by Gasteiger charge is 2.39. The van der Waals surface area contributed by atoms with Gasteiger partial charge in [-0.1, -0.05) is 95.9 Å². The van der Waals surface area contributed by atoms with Crippen molar-refractivity contribution in [3.8, 4) is 0 Å². The number of aliphatic hydroxyl groups excluding tert-OH is 3. The number of nitrogens with zero attached hydrogens (tertiary/aromatic N) is 1. The van der Waals surface area contributed by atoms with E-state index in [-0.39, 0.29) is 37.9 Å². The fraction of sp³-hybridized carbons (Fsp3) is 0.792. The van der Waals surface area contributed by atoms with Crippen LogP contribution >= 0.6 is 7.82 Å². The number of phosphoric ester groups is 1. The number of allylic oxidation sites excluding steroid dienone is 2. The molecule has 13 nitrogen and oxygen atoms in total. The SMILES string of the molecule is CCCCC[C@H](O)/C=C/[C@@H]1[C@@H](C/C=C/CCCC(=O)OC[C@H](COP(=O)(O)OCC[N+](C)(C)C)OC(=O)CCCCCCCCCCc2oc(CCC)c(C)c2C)[C@@H](O)C[C@H]1O. The molecule has 0 spiro atoms. The molecule has 62 heavy (non-hydrogen) atoms. The predicted octanol–water partition coefficient (Wildman–Crippen LogP) is 9.17. The molecule has 358 valence electrons. The van der Waals surface area contributed by atoms with E-state index in [1.54, 1.807) is 6.08 Å². The van der Waals surface area contributed by atoms with Crippen LogP contribution < -0.4 is 0 Å². The number of phosphoric acid groups is 1. The maximum Gasteiger partial charge on any atom is 0.472 e. The Hall–Kier alpha value is -2.35. The van der Waals surface area contributed by atoms with Crippen molar-refractivity contribution < 1.29 is 61.8 Å². The van der Waals surface area contributed by atoms with E-state index in [2.05, 4.69) is 27.7 Å². The van der Waals surface area contributed by atoms with Crippen molar-refractivity contribution >= 4 is 19.8 Å². The molecule has 7 atom stereocenters. The maximum atomic E-state index is 12.8. The van der Waals surface area contributed by atoms with Crippen molar-refractivity contribution in [3.05, 3.63) is 47.0 Å². The van der Waals surface area contributed by atoms with Crippen LogP contribution in [0.25, 0.3) is 0 Å². The Morgan fingerprint density at radius 2 is 1.45 bits per heavy atom. The summed E-state index contributed by atoms with van der Waals surface area (Å²) in [5.41, 5.74) is 2.60. The number of aryl methyl sites for hydroxylation is 2. The molecule has 1 unspecified atom stereocenters. The summed E-state index contributed by atoms with van der Waals surface area (Å²) in [4.78, 5) is 35.7. The van der Waals surface area contributed by atoms with Gasteiger partial charge in [-0.3, -0.25) is 18.6 Å². The fourth-order valence-electron chi connectivity index (χ4n) is 7.70. The van der Waals surface area contributed by atoms with E-state index in [4.69, 9.17) is 22.9 Å². The number of likely N-dealkylation sites (N-methyl/N-ethyl adjacent to an activating group) is 1. The molecule has 1 saturated carbocycles. The van der Waals surface area contributed by atoms with Crippen molar-refractivity contribution in [2.75, 3.05) is 47.5 Å². The molecule has 0 bridgehead atoms. The minimum Gasteiger partial charge on any atom is -0.466 e. The molecule has 1 aliphatic rings. The number of aliphatic hydroxyl groups is 3. The fourth-order valence-corrected chi connectivity index (χ4v) is 8.44. The first-order valence-electron chi connectivity index (χ1n) is 23.7. The summed E-state index contributed by atoms with van der Waals surface area (Å²) in [6, 6.07) is 0. The highest BCUT2D eigenvalue weighted by molar-refractivity contribution is 7.47. The van der Waals surface area contributed by atoms with E-state index in [0.29, 0.717) is 49.6 Å². The monoisotopic (exact) mass is 899 g/mol. The third kappa shape index (κ3) is 24.1. The van der Waals surface area contributed by atoms with Crippen molar-refractivity contribution in [2.45, 2.75) is 187 Å². The number of carbonyl (C=O) groups is 2. The number of carbonyl (C=O) groups excluding carboxylic acids is 2. The molecule has 1 aromatic rings. The number of hydrogen-bond acceptors (Lipinski definition) is 11. The van der Waals surface area contributed by atoms with Gasteiger partial charge in [-0.15, -0.1) is 0 Å². The summed E-state index contributed by atoms with van der Waals surface area (Å²) < 4.78 is 40.5. The Morgan fingerprint density at radius 3 is 2.11 bits per heavy atom. The normalized spacial score (nSPS) is 20.2. The molecule has 2 rings (SSSR count). The second-order valence-electron chi connectivity index (χ2n) is 18.3. The zero-order valence-electron chi connectivity index (χ0n) is 39.4. The average Bonchev–Trinajstić information content (AvgIpc) is 3.63. The van der Waals surface area contributed by atoms with Crippen LogP contribution in [-0.2, 0) is 45.5 Å². The van der Waals surface area contributed by atoms with Gasteiger partial charge in [0, 0.05) is 38.0 Å². The summed E-state index contributed by atoms with van der Waals surface area (Å²) in [6.07, 6.45) is 21.7. The molecule has 0 aromatic carbocycles. The van der Waals surface area contributed by atoms with Crippen molar-refractivity contribution in [1.82, 2.24) is 0 Å². The number of hydrogen-bond donors (Lipinski definition) is 4. The Balaban J connectivity index is 1.75. The lowest BCUT2D eigenvalue weighted by Gasteiger charge is -2.24. The van der Waals surface area contributed by atoms with Crippen molar-refractivity contribution in [2.24, 2.45) is 11.8 Å². The molecule has 14 heteroatoms. The van der Waals surface area contributed by atoms with Crippen molar-refractivity contribution in [1.29, 1.82) is 0 Å². The number of ether oxygens (including phenoxy) is 2. The molecule has 0 amide bonds. The van der Waals surface area contributed by atoms with E-state index in [0.717, 1.165) is 95.0 Å². The lowest BCUT2D eigenvalue weighted by Crippen LogP contribution is -2.37. The molecule has 1 fully saturated rings. The maximum absolute atomic E-state index is 12.8. The number of furan rings is 1. The first-order chi connectivity index (χ1) is 29.5. The zero-order valence-corrected chi connectivity index (χ0v) is 40.3. The number of rotatable bonds is 35. The third-order valence-electron chi connectivity index (χ3n) is 11.7.